The van der Waals surface area contributed by atoms with Crippen LogP contribution in [0.4, 0.5) is 0 Å². The van der Waals surface area contributed by atoms with Gasteiger partial charge in [0.2, 0.25) is 0 Å². The highest BCUT2D eigenvalue weighted by molar-refractivity contribution is 4.86. The molecule has 0 spiro atoms. The topological polar surface area (TPSA) is 18.5 Å². The normalized spacial score (nSPS) is 32.4. The minimum absolute atomic E-state index is 0.535. The molecule has 0 bridgehead atoms. The molecule has 0 amide bonds. The van der Waals surface area contributed by atoms with E-state index < -0.39 is 0 Å². The number of hydrogen-bond donors (Lipinski definition) is 1. The van der Waals surface area contributed by atoms with Gasteiger partial charge in [0.15, 0.2) is 0 Å². The van der Waals surface area contributed by atoms with Crippen molar-refractivity contribution < 1.29 is 0 Å². The van der Waals surface area contributed by atoms with E-state index in [0.29, 0.717) is 5.41 Å². The van der Waals surface area contributed by atoms with E-state index in [1.807, 2.05) is 0 Å². The zero-order chi connectivity index (χ0) is 14.6. The highest BCUT2D eigenvalue weighted by atomic mass is 15.2. The van der Waals surface area contributed by atoms with Crippen molar-refractivity contribution in [1.29, 1.82) is 0 Å². The molecule has 3 nitrogen and oxygen atoms in total. The fraction of sp³-hybridized carbons (Fsp3) is 1.00. The molecule has 2 unspecified atom stereocenters. The third-order valence-corrected chi connectivity index (χ3v) is 5.07. The summed E-state index contributed by atoms with van der Waals surface area (Å²) in [6.07, 6.45) is 5.42. The summed E-state index contributed by atoms with van der Waals surface area (Å²) in [7, 11) is 2.23. The number of rotatable bonds is 5. The van der Waals surface area contributed by atoms with Crippen LogP contribution in [0.1, 0.15) is 46.5 Å². The second kappa shape index (κ2) is 7.24. The van der Waals surface area contributed by atoms with E-state index in [2.05, 4.69) is 42.9 Å². The van der Waals surface area contributed by atoms with Crippen LogP contribution < -0.4 is 5.32 Å². The van der Waals surface area contributed by atoms with Crippen molar-refractivity contribution in [2.45, 2.75) is 52.5 Å². The minimum atomic E-state index is 0.535. The molecule has 2 atom stereocenters. The lowest BCUT2D eigenvalue weighted by atomic mass is 9.70. The largest absolute Gasteiger partial charge is 0.314 e. The molecule has 20 heavy (non-hydrogen) atoms. The summed E-state index contributed by atoms with van der Waals surface area (Å²) in [5, 5.41) is 3.82. The molecule has 0 aromatic heterocycles. The van der Waals surface area contributed by atoms with E-state index in [0.717, 1.165) is 12.0 Å². The van der Waals surface area contributed by atoms with Crippen molar-refractivity contribution in [3.63, 3.8) is 0 Å². The van der Waals surface area contributed by atoms with E-state index in [-0.39, 0.29) is 0 Å². The van der Waals surface area contributed by atoms with Crippen LogP contribution in [0.15, 0.2) is 0 Å². The molecule has 1 aliphatic carbocycles. The zero-order valence-corrected chi connectivity index (χ0v) is 14.1. The smallest absolute Gasteiger partial charge is 0.0110 e. The van der Waals surface area contributed by atoms with Crippen LogP contribution in [0.5, 0.6) is 0 Å². The Morgan fingerprint density at radius 2 is 1.80 bits per heavy atom. The Morgan fingerprint density at radius 1 is 1.10 bits per heavy atom. The Balaban J connectivity index is 1.59. The molecule has 0 radical (unpaired) electrons. The molecule has 0 aromatic carbocycles. The third-order valence-electron chi connectivity index (χ3n) is 5.07. The zero-order valence-electron chi connectivity index (χ0n) is 14.1. The first-order chi connectivity index (χ1) is 9.44. The number of nitrogens with zero attached hydrogens (tertiary/aromatic N) is 2. The maximum Gasteiger partial charge on any atom is 0.0110 e. The van der Waals surface area contributed by atoms with Gasteiger partial charge in [0, 0.05) is 32.2 Å². The van der Waals surface area contributed by atoms with E-state index >= 15 is 0 Å². The van der Waals surface area contributed by atoms with Crippen LogP contribution in [0.2, 0.25) is 0 Å². The van der Waals surface area contributed by atoms with Crippen LogP contribution in [0.25, 0.3) is 0 Å². The van der Waals surface area contributed by atoms with Gasteiger partial charge in [0.25, 0.3) is 0 Å². The molecule has 0 aromatic rings. The van der Waals surface area contributed by atoms with Crippen molar-refractivity contribution in [3.05, 3.63) is 0 Å². The average molecular weight is 281 g/mol. The van der Waals surface area contributed by atoms with E-state index in [4.69, 9.17) is 0 Å². The van der Waals surface area contributed by atoms with E-state index in [1.54, 1.807) is 0 Å². The maximum atomic E-state index is 3.82. The first-order valence-electron chi connectivity index (χ1n) is 8.59. The van der Waals surface area contributed by atoms with Gasteiger partial charge in [-0.05, 0) is 57.2 Å². The lowest BCUT2D eigenvalue weighted by Crippen LogP contribution is -2.45. The third kappa shape index (κ3) is 5.34. The molecule has 1 heterocycles. The first-order valence-corrected chi connectivity index (χ1v) is 8.59. The molecule has 118 valence electrons. The summed E-state index contributed by atoms with van der Waals surface area (Å²) >= 11 is 0. The van der Waals surface area contributed by atoms with Crippen molar-refractivity contribution in [1.82, 2.24) is 15.1 Å². The van der Waals surface area contributed by atoms with Gasteiger partial charge in [-0.2, -0.15) is 0 Å². The molecule has 2 rings (SSSR count). The van der Waals surface area contributed by atoms with Gasteiger partial charge in [-0.3, -0.25) is 0 Å². The van der Waals surface area contributed by atoms with Crippen molar-refractivity contribution in [2.75, 3.05) is 46.3 Å². The van der Waals surface area contributed by atoms with E-state index in [1.165, 1.54) is 65.0 Å². The SMILES string of the molecule is CC1CC(NCCCN2CCN(C)CC2)CC(C)(C)C1. The number of piperazine rings is 1. The summed E-state index contributed by atoms with van der Waals surface area (Å²) in [4.78, 5) is 5.05. The van der Waals surface area contributed by atoms with Crippen LogP contribution in [-0.2, 0) is 0 Å². The molecule has 2 fully saturated rings. The summed E-state index contributed by atoms with van der Waals surface area (Å²) < 4.78 is 0. The average Bonchev–Trinajstić information content (AvgIpc) is 2.34. The van der Waals surface area contributed by atoms with Crippen LogP contribution in [0.3, 0.4) is 0 Å². The quantitative estimate of drug-likeness (QED) is 0.781. The lowest BCUT2D eigenvalue weighted by Gasteiger charge is -2.39. The second-order valence-corrected chi connectivity index (χ2v) is 8.06. The van der Waals surface area contributed by atoms with Gasteiger partial charge in [0.1, 0.15) is 0 Å². The number of hydrogen-bond acceptors (Lipinski definition) is 3. The summed E-state index contributed by atoms with van der Waals surface area (Å²) in [6.45, 7) is 14.7. The molecule has 1 saturated carbocycles. The van der Waals surface area contributed by atoms with Gasteiger partial charge in [0.05, 0.1) is 0 Å². The predicted octanol–water partition coefficient (Wildman–Crippen LogP) is 2.43. The highest BCUT2D eigenvalue weighted by Gasteiger charge is 2.31. The molecular formula is C17H35N3. The maximum absolute atomic E-state index is 3.82. The van der Waals surface area contributed by atoms with Crippen LogP contribution in [-0.4, -0.2) is 62.2 Å². The van der Waals surface area contributed by atoms with Crippen molar-refractivity contribution in [2.24, 2.45) is 11.3 Å². The minimum Gasteiger partial charge on any atom is -0.314 e. The molecule has 1 saturated heterocycles. The Morgan fingerprint density at radius 3 is 2.45 bits per heavy atom. The van der Waals surface area contributed by atoms with Gasteiger partial charge < -0.3 is 15.1 Å². The summed E-state index contributed by atoms with van der Waals surface area (Å²) in [5.74, 6) is 0.883. The monoisotopic (exact) mass is 281 g/mol. The van der Waals surface area contributed by atoms with Crippen molar-refractivity contribution in [3.8, 4) is 0 Å². The standard InChI is InChI=1S/C17H35N3/c1-15-12-16(14-17(2,3)13-15)18-6-5-7-20-10-8-19(4)9-11-20/h15-16,18H,5-14H2,1-4H3. The molecular weight excluding hydrogens is 246 g/mol. The highest BCUT2D eigenvalue weighted by Crippen LogP contribution is 2.38. The van der Waals surface area contributed by atoms with Gasteiger partial charge >= 0.3 is 0 Å². The van der Waals surface area contributed by atoms with Gasteiger partial charge in [-0.25, -0.2) is 0 Å². The Bertz CT molecular complexity index is 282. The number of nitrogens with one attached hydrogen (secondary N) is 1. The second-order valence-electron chi connectivity index (χ2n) is 8.06. The fourth-order valence-electron chi connectivity index (χ4n) is 4.18. The Labute approximate surface area is 126 Å². The van der Waals surface area contributed by atoms with E-state index in [9.17, 15) is 0 Å². The summed E-state index contributed by atoms with van der Waals surface area (Å²) in [6, 6.07) is 0.751. The predicted molar refractivity (Wildman–Crippen MR) is 87.1 cm³/mol. The molecule has 3 heteroatoms. The lowest BCUT2D eigenvalue weighted by molar-refractivity contribution is 0.142. The molecule has 1 aliphatic heterocycles. The first kappa shape index (κ1) is 16.3. The molecule has 1 N–H and O–H groups in total. The van der Waals surface area contributed by atoms with Crippen LogP contribution >= 0.6 is 0 Å². The Hall–Kier alpha value is -0.120. The Kier molecular flexibility index (Phi) is 5.88. The van der Waals surface area contributed by atoms with Gasteiger partial charge in [-0.1, -0.05) is 20.8 Å². The summed E-state index contributed by atoms with van der Waals surface area (Å²) in [5.41, 5.74) is 0.535. The fourth-order valence-corrected chi connectivity index (χ4v) is 4.18. The van der Waals surface area contributed by atoms with Crippen LogP contribution in [0, 0.1) is 11.3 Å². The van der Waals surface area contributed by atoms with Crippen molar-refractivity contribution >= 4 is 0 Å². The molecule has 2 aliphatic rings. The van der Waals surface area contributed by atoms with Gasteiger partial charge in [-0.15, -0.1) is 0 Å². The number of likely N-dealkylation sites (N-methyl/N-ethyl adjacent to an activating group) is 1.